The summed E-state index contributed by atoms with van der Waals surface area (Å²) in [4.78, 5) is 4.16. The number of nitrogens with one attached hydrogen (secondary N) is 1. The van der Waals surface area contributed by atoms with Gasteiger partial charge in [0.15, 0.2) is 12.2 Å². The summed E-state index contributed by atoms with van der Waals surface area (Å²) in [5, 5.41) is 3.29. The fourth-order valence-corrected chi connectivity index (χ4v) is 1.92. The summed E-state index contributed by atoms with van der Waals surface area (Å²) >= 11 is 0. The van der Waals surface area contributed by atoms with Crippen LogP contribution >= 0.6 is 0 Å². The summed E-state index contributed by atoms with van der Waals surface area (Å²) in [6, 6.07) is 5.28. The van der Waals surface area contributed by atoms with Crippen LogP contribution in [0.3, 0.4) is 0 Å². The number of nitrogens with zero attached hydrogens (tertiary/aromatic N) is 1. The Balaban J connectivity index is 2.21. The third-order valence-corrected chi connectivity index (χ3v) is 2.92. The predicted octanol–water partition coefficient (Wildman–Crippen LogP) is 3.53. The molecule has 3 nitrogen and oxygen atoms in total. The summed E-state index contributed by atoms with van der Waals surface area (Å²) in [5.74, 6) is 0.827. The Kier molecular flexibility index (Phi) is 4.32. The summed E-state index contributed by atoms with van der Waals surface area (Å²) in [6.45, 7) is 7.49. The second-order valence-corrected chi connectivity index (χ2v) is 5.09. The van der Waals surface area contributed by atoms with Crippen LogP contribution in [-0.2, 0) is 6.54 Å². The molecule has 0 spiro atoms. The van der Waals surface area contributed by atoms with Gasteiger partial charge in [-0.1, -0.05) is 26.0 Å². The van der Waals surface area contributed by atoms with Crippen molar-refractivity contribution >= 4 is 0 Å². The highest BCUT2D eigenvalue weighted by atomic mass is 19.1. The van der Waals surface area contributed by atoms with Crippen molar-refractivity contribution in [2.45, 2.75) is 27.3 Å². The fourth-order valence-electron chi connectivity index (χ4n) is 1.92. The normalized spacial score (nSPS) is 11.2. The van der Waals surface area contributed by atoms with Crippen LogP contribution in [0.5, 0.6) is 0 Å². The molecule has 0 saturated carbocycles. The van der Waals surface area contributed by atoms with E-state index in [2.05, 4.69) is 24.1 Å². The van der Waals surface area contributed by atoms with Crippen LogP contribution in [-0.4, -0.2) is 11.5 Å². The molecule has 0 amide bonds. The molecular formula is C15H19FN2O. The molecule has 0 unspecified atom stereocenters. The number of oxazole rings is 1. The number of benzene rings is 1. The van der Waals surface area contributed by atoms with Crippen molar-refractivity contribution in [2.75, 3.05) is 6.54 Å². The van der Waals surface area contributed by atoms with Crippen LogP contribution in [0.1, 0.15) is 25.1 Å². The molecule has 1 aromatic heterocycles. The second-order valence-electron chi connectivity index (χ2n) is 5.09. The largest absolute Gasteiger partial charge is 0.443 e. The van der Waals surface area contributed by atoms with E-state index >= 15 is 0 Å². The highest BCUT2D eigenvalue weighted by Gasteiger charge is 2.15. The van der Waals surface area contributed by atoms with Crippen molar-refractivity contribution in [2.24, 2.45) is 5.92 Å². The molecular weight excluding hydrogens is 243 g/mol. The van der Waals surface area contributed by atoms with Crippen LogP contribution in [0.25, 0.3) is 11.3 Å². The van der Waals surface area contributed by atoms with Crippen molar-refractivity contribution in [3.05, 3.63) is 41.7 Å². The van der Waals surface area contributed by atoms with Crippen LogP contribution in [0.2, 0.25) is 0 Å². The van der Waals surface area contributed by atoms with Gasteiger partial charge in [0.05, 0.1) is 5.56 Å². The van der Waals surface area contributed by atoms with Crippen molar-refractivity contribution < 1.29 is 8.81 Å². The van der Waals surface area contributed by atoms with Gasteiger partial charge in [0.1, 0.15) is 11.5 Å². The van der Waals surface area contributed by atoms with E-state index in [1.54, 1.807) is 19.1 Å². The molecule has 0 aliphatic carbocycles. The van der Waals surface area contributed by atoms with E-state index in [9.17, 15) is 4.39 Å². The molecule has 2 aromatic rings. The zero-order valence-corrected chi connectivity index (χ0v) is 11.5. The smallest absolute Gasteiger partial charge is 0.181 e. The minimum absolute atomic E-state index is 0.246. The van der Waals surface area contributed by atoms with Crippen LogP contribution in [0.15, 0.2) is 29.0 Å². The van der Waals surface area contributed by atoms with Crippen molar-refractivity contribution in [3.8, 4) is 11.3 Å². The van der Waals surface area contributed by atoms with Crippen LogP contribution in [0, 0.1) is 18.7 Å². The SMILES string of the molecule is Cc1cccc(-c2ocnc2CNCC(C)C)c1F. The Morgan fingerprint density at radius 3 is 2.89 bits per heavy atom. The zero-order chi connectivity index (χ0) is 13.8. The van der Waals surface area contributed by atoms with Crippen LogP contribution < -0.4 is 5.32 Å². The average Bonchev–Trinajstić information content (AvgIpc) is 2.80. The van der Waals surface area contributed by atoms with Crippen molar-refractivity contribution in [1.82, 2.24) is 10.3 Å². The van der Waals surface area contributed by atoms with Gasteiger partial charge >= 0.3 is 0 Å². The summed E-state index contributed by atoms with van der Waals surface area (Å²) in [6.07, 6.45) is 1.36. The van der Waals surface area contributed by atoms with E-state index in [4.69, 9.17) is 4.42 Å². The Bertz CT molecular complexity index is 549. The summed E-state index contributed by atoms with van der Waals surface area (Å²) in [7, 11) is 0. The van der Waals surface area contributed by atoms with Crippen LogP contribution in [0.4, 0.5) is 4.39 Å². The first-order chi connectivity index (χ1) is 9.09. The standard InChI is InChI=1S/C15H19FN2O/c1-10(2)7-17-8-13-15(19-9-18-13)12-6-4-5-11(3)14(12)16/h4-6,9-10,17H,7-8H2,1-3H3. The van der Waals surface area contributed by atoms with E-state index in [1.807, 2.05) is 6.07 Å². The Labute approximate surface area is 112 Å². The van der Waals surface area contributed by atoms with E-state index in [1.165, 1.54) is 6.39 Å². The number of hydrogen-bond donors (Lipinski definition) is 1. The first kappa shape index (κ1) is 13.7. The molecule has 1 N–H and O–H groups in total. The first-order valence-electron chi connectivity index (χ1n) is 6.48. The summed E-state index contributed by atoms with van der Waals surface area (Å²) < 4.78 is 19.4. The molecule has 1 heterocycles. The zero-order valence-electron chi connectivity index (χ0n) is 11.5. The van der Waals surface area contributed by atoms with E-state index < -0.39 is 0 Å². The first-order valence-corrected chi connectivity index (χ1v) is 6.48. The van der Waals surface area contributed by atoms with E-state index in [0.29, 0.717) is 29.3 Å². The van der Waals surface area contributed by atoms with E-state index in [0.717, 1.165) is 12.2 Å². The van der Waals surface area contributed by atoms with Gasteiger partial charge in [-0.25, -0.2) is 9.37 Å². The molecule has 4 heteroatoms. The maximum absolute atomic E-state index is 14.1. The Hall–Kier alpha value is -1.68. The molecule has 0 fully saturated rings. The Morgan fingerprint density at radius 1 is 1.37 bits per heavy atom. The van der Waals surface area contributed by atoms with Gasteiger partial charge in [0.25, 0.3) is 0 Å². The maximum Gasteiger partial charge on any atom is 0.181 e. The molecule has 19 heavy (non-hydrogen) atoms. The average molecular weight is 262 g/mol. The van der Waals surface area contributed by atoms with E-state index in [-0.39, 0.29) is 5.82 Å². The molecule has 0 radical (unpaired) electrons. The van der Waals surface area contributed by atoms with Gasteiger partial charge in [0, 0.05) is 6.54 Å². The van der Waals surface area contributed by atoms with Gasteiger partial charge in [-0.15, -0.1) is 0 Å². The molecule has 0 bridgehead atoms. The van der Waals surface area contributed by atoms with Crippen molar-refractivity contribution in [1.29, 1.82) is 0 Å². The monoisotopic (exact) mass is 262 g/mol. The third-order valence-electron chi connectivity index (χ3n) is 2.92. The molecule has 102 valence electrons. The van der Waals surface area contributed by atoms with Gasteiger partial charge in [-0.05, 0) is 31.0 Å². The van der Waals surface area contributed by atoms with Gasteiger partial charge in [-0.3, -0.25) is 0 Å². The fraction of sp³-hybridized carbons (Fsp3) is 0.400. The Morgan fingerprint density at radius 2 is 2.16 bits per heavy atom. The molecule has 0 saturated heterocycles. The molecule has 0 aliphatic heterocycles. The molecule has 2 rings (SSSR count). The molecule has 1 aromatic carbocycles. The number of aromatic nitrogens is 1. The minimum atomic E-state index is -0.246. The third kappa shape index (κ3) is 3.20. The summed E-state index contributed by atoms with van der Waals surface area (Å²) in [5.41, 5.74) is 1.82. The number of halogens is 1. The predicted molar refractivity (Wildman–Crippen MR) is 73.2 cm³/mol. The number of rotatable bonds is 5. The minimum Gasteiger partial charge on any atom is -0.443 e. The highest BCUT2D eigenvalue weighted by molar-refractivity contribution is 5.61. The van der Waals surface area contributed by atoms with Crippen molar-refractivity contribution in [3.63, 3.8) is 0 Å². The lowest BCUT2D eigenvalue weighted by Crippen LogP contribution is -2.19. The topological polar surface area (TPSA) is 38.1 Å². The maximum atomic E-state index is 14.1. The lowest BCUT2D eigenvalue weighted by Gasteiger charge is -2.07. The van der Waals surface area contributed by atoms with Gasteiger partial charge < -0.3 is 9.73 Å². The second kappa shape index (κ2) is 5.97. The molecule has 0 aliphatic rings. The number of hydrogen-bond acceptors (Lipinski definition) is 3. The quantitative estimate of drug-likeness (QED) is 0.895. The molecule has 0 atom stereocenters. The lowest BCUT2D eigenvalue weighted by molar-refractivity contribution is 0.542. The van der Waals surface area contributed by atoms with Gasteiger partial charge in [-0.2, -0.15) is 0 Å². The van der Waals surface area contributed by atoms with Gasteiger partial charge in [0.2, 0.25) is 0 Å². The lowest BCUT2D eigenvalue weighted by atomic mass is 10.1. The highest BCUT2D eigenvalue weighted by Crippen LogP contribution is 2.27. The number of aryl methyl sites for hydroxylation is 1.